The van der Waals surface area contributed by atoms with E-state index in [0.717, 1.165) is 22.6 Å². The lowest BCUT2D eigenvalue weighted by Gasteiger charge is -2.11. The van der Waals surface area contributed by atoms with E-state index in [2.05, 4.69) is 15.5 Å². The Morgan fingerprint density at radius 3 is 2.73 bits per heavy atom. The minimum atomic E-state index is -0.491. The van der Waals surface area contributed by atoms with Crippen molar-refractivity contribution in [2.24, 2.45) is 5.10 Å². The molecule has 0 unspecified atom stereocenters. The zero-order valence-electron chi connectivity index (χ0n) is 16.9. The largest absolute Gasteiger partial charge is 0.493 e. The van der Waals surface area contributed by atoms with Crippen LogP contribution in [0.15, 0.2) is 47.6 Å². The van der Waals surface area contributed by atoms with Crippen molar-refractivity contribution in [3.8, 4) is 22.8 Å². The van der Waals surface area contributed by atoms with E-state index in [9.17, 15) is 10.1 Å². The quantitative estimate of drug-likeness (QED) is 0.284. The lowest BCUT2D eigenvalue weighted by Crippen LogP contribution is -2.03. The van der Waals surface area contributed by atoms with Gasteiger partial charge >= 0.3 is 5.69 Å². The van der Waals surface area contributed by atoms with Crippen molar-refractivity contribution >= 4 is 28.4 Å². The Labute approximate surface area is 178 Å². The second-order valence-corrected chi connectivity index (χ2v) is 7.54. The number of methoxy groups -OCH3 is 1. The average molecular weight is 426 g/mol. The molecule has 0 aliphatic heterocycles. The first-order valence-electron chi connectivity index (χ1n) is 9.34. The predicted octanol–water partition coefficient (Wildman–Crippen LogP) is 5.27. The van der Waals surface area contributed by atoms with E-state index in [1.807, 2.05) is 44.2 Å². The van der Waals surface area contributed by atoms with Gasteiger partial charge < -0.3 is 9.47 Å². The molecular formula is C21H22N4O4S. The minimum Gasteiger partial charge on any atom is -0.493 e. The van der Waals surface area contributed by atoms with E-state index >= 15 is 0 Å². The van der Waals surface area contributed by atoms with Crippen LogP contribution in [0.3, 0.4) is 0 Å². The van der Waals surface area contributed by atoms with Gasteiger partial charge in [-0.25, -0.2) is 4.98 Å². The molecule has 3 aromatic rings. The van der Waals surface area contributed by atoms with Gasteiger partial charge in [0.25, 0.3) is 0 Å². The maximum absolute atomic E-state index is 11.5. The number of rotatable bonds is 9. The topological polar surface area (TPSA) is 98.9 Å². The van der Waals surface area contributed by atoms with Crippen molar-refractivity contribution < 1.29 is 14.4 Å². The zero-order chi connectivity index (χ0) is 21.5. The van der Waals surface area contributed by atoms with E-state index in [1.165, 1.54) is 30.7 Å². The highest BCUT2D eigenvalue weighted by Crippen LogP contribution is 2.38. The fourth-order valence-corrected chi connectivity index (χ4v) is 3.57. The number of anilines is 1. The summed E-state index contributed by atoms with van der Waals surface area (Å²) in [5.41, 5.74) is 5.16. The third-order valence-corrected chi connectivity index (χ3v) is 5.02. The molecule has 156 valence electrons. The summed E-state index contributed by atoms with van der Waals surface area (Å²) in [7, 11) is 1.44. The Hall–Kier alpha value is -3.46. The summed E-state index contributed by atoms with van der Waals surface area (Å²) in [6.07, 6.45) is 2.21. The van der Waals surface area contributed by atoms with Gasteiger partial charge in [0.1, 0.15) is 0 Å². The summed E-state index contributed by atoms with van der Waals surface area (Å²) in [6, 6.07) is 12.9. The van der Waals surface area contributed by atoms with Gasteiger partial charge in [0.05, 0.1) is 30.5 Å². The molecule has 0 bridgehead atoms. The van der Waals surface area contributed by atoms with E-state index < -0.39 is 4.92 Å². The summed E-state index contributed by atoms with van der Waals surface area (Å²) in [5, 5.41) is 16.3. The zero-order valence-corrected chi connectivity index (χ0v) is 17.7. The van der Waals surface area contributed by atoms with Crippen LogP contribution in [0.25, 0.3) is 11.3 Å². The number of benzene rings is 2. The molecule has 8 nitrogen and oxygen atoms in total. The van der Waals surface area contributed by atoms with Gasteiger partial charge in [-0.15, -0.1) is 11.3 Å². The lowest BCUT2D eigenvalue weighted by atomic mass is 10.1. The van der Waals surface area contributed by atoms with Crippen molar-refractivity contribution in [3.05, 3.63) is 63.0 Å². The number of nitrogens with one attached hydrogen (secondary N) is 1. The molecule has 3 rings (SSSR count). The molecular weight excluding hydrogens is 404 g/mol. The van der Waals surface area contributed by atoms with Crippen LogP contribution in [0.1, 0.15) is 23.8 Å². The van der Waals surface area contributed by atoms with Crippen LogP contribution in [-0.2, 0) is 0 Å². The number of hydrogen-bond donors (Lipinski definition) is 1. The molecule has 0 aliphatic carbocycles. The number of nitrogens with zero attached hydrogens (tertiary/aromatic N) is 3. The number of nitro benzene ring substituents is 1. The molecule has 0 saturated carbocycles. The second kappa shape index (κ2) is 9.84. The van der Waals surface area contributed by atoms with Crippen molar-refractivity contribution in [2.45, 2.75) is 20.3 Å². The second-order valence-electron chi connectivity index (χ2n) is 6.34. The van der Waals surface area contributed by atoms with Crippen molar-refractivity contribution in [3.63, 3.8) is 0 Å². The number of hydrazone groups is 1. The van der Waals surface area contributed by atoms with Crippen LogP contribution >= 0.6 is 11.3 Å². The SMILES string of the molecule is CCCOc1c(OC)cc(/C=N\Nc2nc(-c3ccccc3)c(C)s2)cc1[N+](=O)[O-]. The third-order valence-electron chi connectivity index (χ3n) is 4.14. The Morgan fingerprint density at radius 2 is 2.07 bits per heavy atom. The summed E-state index contributed by atoms with van der Waals surface area (Å²) in [6.45, 7) is 4.28. The third kappa shape index (κ3) is 4.93. The molecule has 0 spiro atoms. The molecule has 9 heteroatoms. The smallest absolute Gasteiger partial charge is 0.315 e. The lowest BCUT2D eigenvalue weighted by molar-refractivity contribution is -0.386. The van der Waals surface area contributed by atoms with Gasteiger partial charge in [-0.2, -0.15) is 5.10 Å². The number of nitro groups is 1. The highest BCUT2D eigenvalue weighted by molar-refractivity contribution is 7.15. The average Bonchev–Trinajstić information content (AvgIpc) is 3.13. The van der Waals surface area contributed by atoms with Crippen molar-refractivity contribution in [1.82, 2.24) is 4.98 Å². The maximum atomic E-state index is 11.5. The maximum Gasteiger partial charge on any atom is 0.315 e. The number of hydrogen-bond acceptors (Lipinski definition) is 8. The van der Waals surface area contributed by atoms with Crippen LogP contribution in [0.2, 0.25) is 0 Å². The van der Waals surface area contributed by atoms with Gasteiger partial charge in [0.2, 0.25) is 10.9 Å². The van der Waals surface area contributed by atoms with Crippen LogP contribution in [0.4, 0.5) is 10.8 Å². The van der Waals surface area contributed by atoms with Crippen molar-refractivity contribution in [1.29, 1.82) is 0 Å². The minimum absolute atomic E-state index is 0.123. The number of thiazole rings is 1. The Balaban J connectivity index is 1.81. The summed E-state index contributed by atoms with van der Waals surface area (Å²) in [5.74, 6) is 0.410. The molecule has 0 radical (unpaired) electrons. The Kier molecular flexibility index (Phi) is 6.97. The first-order valence-corrected chi connectivity index (χ1v) is 10.2. The molecule has 2 aromatic carbocycles. The molecule has 30 heavy (non-hydrogen) atoms. The van der Waals surface area contributed by atoms with Gasteiger partial charge in [-0.05, 0) is 19.4 Å². The fraction of sp³-hybridized carbons (Fsp3) is 0.238. The summed E-state index contributed by atoms with van der Waals surface area (Å²) in [4.78, 5) is 16.6. The van der Waals surface area contributed by atoms with Gasteiger partial charge in [0.15, 0.2) is 5.75 Å². The van der Waals surface area contributed by atoms with E-state index in [4.69, 9.17) is 9.47 Å². The summed E-state index contributed by atoms with van der Waals surface area (Å²) < 4.78 is 10.8. The fourth-order valence-electron chi connectivity index (χ4n) is 2.79. The molecule has 0 fully saturated rings. The van der Waals surface area contributed by atoms with Crippen LogP contribution in [-0.4, -0.2) is 29.8 Å². The van der Waals surface area contributed by atoms with Crippen LogP contribution < -0.4 is 14.9 Å². The molecule has 1 N–H and O–H groups in total. The standard InChI is InChI=1S/C21H22N4O4S/c1-4-10-29-20-17(25(26)27)11-15(12-18(20)28-3)13-22-24-21-23-19(14(2)30-21)16-8-6-5-7-9-16/h5-9,11-13H,4,10H2,1-3H3,(H,23,24)/b22-13-. The van der Waals surface area contributed by atoms with E-state index in [1.54, 1.807) is 6.07 Å². The van der Waals surface area contributed by atoms with Crippen LogP contribution in [0, 0.1) is 17.0 Å². The molecule has 1 aromatic heterocycles. The van der Waals surface area contributed by atoms with Gasteiger partial charge in [-0.3, -0.25) is 15.5 Å². The first-order chi connectivity index (χ1) is 14.5. The normalized spacial score (nSPS) is 10.9. The summed E-state index contributed by atoms with van der Waals surface area (Å²) >= 11 is 1.48. The van der Waals surface area contributed by atoms with Gasteiger partial charge in [-0.1, -0.05) is 37.3 Å². The monoisotopic (exact) mass is 426 g/mol. The van der Waals surface area contributed by atoms with E-state index in [-0.39, 0.29) is 17.2 Å². The highest BCUT2D eigenvalue weighted by Gasteiger charge is 2.22. The Bertz CT molecular complexity index is 1050. The molecule has 0 amide bonds. The number of aryl methyl sites for hydroxylation is 1. The molecule has 1 heterocycles. The van der Waals surface area contributed by atoms with Gasteiger partial charge in [0, 0.05) is 22.1 Å². The van der Waals surface area contributed by atoms with Crippen LogP contribution in [0.5, 0.6) is 11.5 Å². The molecule has 0 saturated heterocycles. The van der Waals surface area contributed by atoms with Crippen molar-refractivity contribution in [2.75, 3.05) is 19.1 Å². The Morgan fingerprint density at radius 1 is 1.30 bits per heavy atom. The highest BCUT2D eigenvalue weighted by atomic mass is 32.1. The number of ether oxygens (including phenoxy) is 2. The molecule has 0 atom stereocenters. The number of aromatic nitrogens is 1. The first kappa shape index (κ1) is 21.3. The molecule has 0 aliphatic rings. The predicted molar refractivity (Wildman–Crippen MR) is 119 cm³/mol. The van der Waals surface area contributed by atoms with E-state index in [0.29, 0.717) is 17.3 Å².